The van der Waals surface area contributed by atoms with Gasteiger partial charge in [0.25, 0.3) is 0 Å². The van der Waals surface area contributed by atoms with Crippen molar-refractivity contribution < 1.29 is 13.2 Å². The summed E-state index contributed by atoms with van der Waals surface area (Å²) in [5.41, 5.74) is 12.7. The third-order valence-electron chi connectivity index (χ3n) is 12.2. The van der Waals surface area contributed by atoms with E-state index in [0.717, 1.165) is 85.5 Å². The highest BCUT2D eigenvalue weighted by Crippen LogP contribution is 2.63. The second-order valence-electron chi connectivity index (χ2n) is 15.1. The molecule has 1 atom stereocenters. The van der Waals surface area contributed by atoms with Crippen LogP contribution in [0.25, 0.3) is 33.4 Å². The highest BCUT2D eigenvalue weighted by molar-refractivity contribution is 7.91. The molecule has 56 heavy (non-hydrogen) atoms. The van der Waals surface area contributed by atoms with E-state index in [1.54, 1.807) is 6.07 Å². The van der Waals surface area contributed by atoms with Gasteiger partial charge in [-0.1, -0.05) is 158 Å². The molecule has 2 heterocycles. The van der Waals surface area contributed by atoms with Crippen LogP contribution in [0, 0.1) is 0 Å². The van der Waals surface area contributed by atoms with Crippen LogP contribution < -0.4 is 4.74 Å². The van der Waals surface area contributed by atoms with E-state index in [0.29, 0.717) is 9.79 Å². The molecule has 3 aliphatic rings. The summed E-state index contributed by atoms with van der Waals surface area (Å²) in [5, 5.41) is 0. The fourth-order valence-electron chi connectivity index (χ4n) is 9.83. The minimum atomic E-state index is -3.94. The van der Waals surface area contributed by atoms with Crippen molar-refractivity contribution in [3.05, 3.63) is 227 Å². The Hall–Kier alpha value is -6.49. The first-order chi connectivity index (χ1) is 27.5. The van der Waals surface area contributed by atoms with Crippen molar-refractivity contribution in [1.29, 1.82) is 0 Å². The molecular weight excluding hydrogens is 705 g/mol. The lowest BCUT2D eigenvalue weighted by Crippen LogP contribution is -2.40. The molecule has 0 saturated carbocycles. The molecular formula is C52H36O3S. The van der Waals surface area contributed by atoms with E-state index in [2.05, 4.69) is 121 Å². The molecule has 268 valence electrons. The van der Waals surface area contributed by atoms with Crippen molar-refractivity contribution in [3.63, 3.8) is 0 Å². The van der Waals surface area contributed by atoms with Gasteiger partial charge in [-0.15, -0.1) is 0 Å². The van der Waals surface area contributed by atoms with Gasteiger partial charge in [0.15, 0.2) is 0 Å². The predicted octanol–water partition coefficient (Wildman–Crippen LogP) is 12.4. The molecule has 8 aromatic carbocycles. The molecule has 3 nitrogen and oxygen atoms in total. The van der Waals surface area contributed by atoms with E-state index in [1.807, 2.05) is 60.7 Å². The van der Waals surface area contributed by atoms with Crippen LogP contribution in [0.4, 0.5) is 0 Å². The first-order valence-corrected chi connectivity index (χ1v) is 20.7. The zero-order valence-corrected chi connectivity index (χ0v) is 31.3. The maximum atomic E-state index is 15.2. The monoisotopic (exact) mass is 740 g/mol. The maximum absolute atomic E-state index is 15.2. The molecule has 0 fully saturated rings. The number of sulfone groups is 1. The fraction of sp³-hybridized carbons (Fsp3) is 0.0769. The Kier molecular flexibility index (Phi) is 7.36. The van der Waals surface area contributed by atoms with Gasteiger partial charge in [0.05, 0.1) is 15.2 Å². The van der Waals surface area contributed by atoms with Crippen molar-refractivity contribution in [1.82, 2.24) is 0 Å². The minimum absolute atomic E-state index is 0.0314. The van der Waals surface area contributed by atoms with E-state index in [4.69, 9.17) is 4.74 Å². The zero-order chi connectivity index (χ0) is 37.4. The maximum Gasteiger partial charge on any atom is 0.207 e. The second-order valence-corrected chi connectivity index (χ2v) is 17.0. The normalized spacial score (nSPS) is 16.5. The standard InChI is InChI=1S/C52H36O3S/c53-56(54)48-26-14-11-23-45(48)52(43-21-9-12-24-46(43)55-47-25-13-10-22-44(47)52)51-49(56)30-29-42-40(28-27-36-19-7-8-20-41(36)50(42)51)39-32-37(34-15-3-1-4-16-34)31-38(33-39)35-17-5-2-6-18-35/h1-26,29-33,40H,27-28H2. The quantitative estimate of drug-likeness (QED) is 0.181. The van der Waals surface area contributed by atoms with Crippen molar-refractivity contribution >= 4 is 9.84 Å². The van der Waals surface area contributed by atoms with Crippen LogP contribution in [0.5, 0.6) is 11.5 Å². The van der Waals surface area contributed by atoms with E-state index < -0.39 is 15.3 Å². The lowest BCUT2D eigenvalue weighted by atomic mass is 9.61. The Balaban J connectivity index is 1.29. The van der Waals surface area contributed by atoms with E-state index in [-0.39, 0.29) is 5.92 Å². The summed E-state index contributed by atoms with van der Waals surface area (Å²) in [6.07, 6.45) is 1.70. The van der Waals surface area contributed by atoms with Gasteiger partial charge in [-0.2, -0.15) is 0 Å². The summed E-state index contributed by atoms with van der Waals surface area (Å²) in [6.45, 7) is 0. The molecule has 4 heteroatoms. The lowest BCUT2D eigenvalue weighted by molar-refractivity contribution is 0.430. The smallest absolute Gasteiger partial charge is 0.207 e. The number of para-hydroxylation sites is 2. The average Bonchev–Trinajstić information content (AvgIpc) is 3.43. The molecule has 0 amide bonds. The number of aryl methyl sites for hydroxylation is 1. The van der Waals surface area contributed by atoms with E-state index >= 15 is 8.42 Å². The van der Waals surface area contributed by atoms with Gasteiger partial charge in [-0.3, -0.25) is 0 Å². The Morgan fingerprint density at radius 1 is 0.500 bits per heavy atom. The first-order valence-electron chi connectivity index (χ1n) is 19.3. The third kappa shape index (κ3) is 4.72. The van der Waals surface area contributed by atoms with Crippen molar-refractivity contribution in [2.45, 2.75) is 34.0 Å². The van der Waals surface area contributed by atoms with Crippen LogP contribution in [0.15, 0.2) is 198 Å². The highest BCUT2D eigenvalue weighted by atomic mass is 32.2. The summed E-state index contributed by atoms with van der Waals surface area (Å²) in [4.78, 5) is 0.681. The molecule has 2 aliphatic heterocycles. The fourth-order valence-corrected chi connectivity index (χ4v) is 11.6. The molecule has 1 unspecified atom stereocenters. The second kappa shape index (κ2) is 12.5. The van der Waals surface area contributed by atoms with E-state index in [1.165, 1.54) is 11.1 Å². The lowest BCUT2D eigenvalue weighted by Gasteiger charge is -2.46. The highest BCUT2D eigenvalue weighted by Gasteiger charge is 2.54. The van der Waals surface area contributed by atoms with Gasteiger partial charge in [-0.05, 0) is 104 Å². The minimum Gasteiger partial charge on any atom is -0.457 e. The summed E-state index contributed by atoms with van der Waals surface area (Å²) >= 11 is 0. The van der Waals surface area contributed by atoms with Crippen LogP contribution in [0.1, 0.15) is 51.3 Å². The van der Waals surface area contributed by atoms with Gasteiger partial charge >= 0.3 is 0 Å². The van der Waals surface area contributed by atoms with Gasteiger partial charge < -0.3 is 4.74 Å². The molecule has 0 N–H and O–H groups in total. The van der Waals surface area contributed by atoms with Crippen LogP contribution in [0.2, 0.25) is 0 Å². The Labute approximate surface area is 327 Å². The number of ether oxygens (including phenoxy) is 1. The van der Waals surface area contributed by atoms with Crippen molar-refractivity contribution in [2.24, 2.45) is 0 Å². The predicted molar refractivity (Wildman–Crippen MR) is 223 cm³/mol. The van der Waals surface area contributed by atoms with Gasteiger partial charge in [0.2, 0.25) is 9.84 Å². The Morgan fingerprint density at radius 2 is 1.05 bits per heavy atom. The zero-order valence-electron chi connectivity index (χ0n) is 30.5. The average molecular weight is 741 g/mol. The molecule has 1 aliphatic carbocycles. The topological polar surface area (TPSA) is 43.4 Å². The molecule has 1 spiro atoms. The largest absolute Gasteiger partial charge is 0.457 e. The van der Waals surface area contributed by atoms with Gasteiger partial charge in [-0.25, -0.2) is 8.42 Å². The van der Waals surface area contributed by atoms with Gasteiger partial charge in [0, 0.05) is 17.0 Å². The number of hydrogen-bond donors (Lipinski definition) is 0. The van der Waals surface area contributed by atoms with Crippen molar-refractivity contribution in [3.8, 4) is 44.9 Å². The molecule has 11 rings (SSSR count). The number of rotatable bonds is 3. The van der Waals surface area contributed by atoms with Crippen LogP contribution in [-0.2, 0) is 21.7 Å². The summed E-state index contributed by atoms with van der Waals surface area (Å²) in [7, 11) is -3.94. The summed E-state index contributed by atoms with van der Waals surface area (Å²) < 4.78 is 37.0. The third-order valence-corrected chi connectivity index (χ3v) is 14.0. The van der Waals surface area contributed by atoms with Crippen LogP contribution >= 0.6 is 0 Å². The van der Waals surface area contributed by atoms with Crippen molar-refractivity contribution in [2.75, 3.05) is 0 Å². The SMILES string of the molecule is O=S1(=O)c2ccccc2C2(c3ccccc3Oc3ccccc32)c2c1ccc1c2-c2ccccc2CCC1c1cc(-c2ccccc2)cc(-c2ccccc2)c1. The number of hydrogen-bond acceptors (Lipinski definition) is 3. The summed E-state index contributed by atoms with van der Waals surface area (Å²) in [6, 6.07) is 64.8. The first kappa shape index (κ1) is 32.9. The molecule has 0 aromatic heterocycles. The number of benzene rings is 8. The van der Waals surface area contributed by atoms with E-state index in [9.17, 15) is 0 Å². The Bertz CT molecular complexity index is 2860. The van der Waals surface area contributed by atoms with Crippen LogP contribution in [-0.4, -0.2) is 8.42 Å². The molecule has 0 bridgehead atoms. The molecule has 8 aromatic rings. The molecule has 0 saturated heterocycles. The van der Waals surface area contributed by atoms with Crippen LogP contribution in [0.3, 0.4) is 0 Å². The number of fused-ring (bicyclic) bond motifs is 12. The summed E-state index contributed by atoms with van der Waals surface area (Å²) in [5.74, 6) is 1.42. The van der Waals surface area contributed by atoms with Gasteiger partial charge in [0.1, 0.15) is 11.5 Å². The molecule has 0 radical (unpaired) electrons. The Morgan fingerprint density at radius 3 is 1.71 bits per heavy atom.